The molecule has 0 radical (unpaired) electrons. The van der Waals surface area contributed by atoms with Gasteiger partial charge in [0.05, 0.1) is 23.8 Å². The summed E-state index contributed by atoms with van der Waals surface area (Å²) in [6.45, 7) is 0. The minimum atomic E-state index is 0.787. The minimum absolute atomic E-state index is 0.787. The number of nitrogens with one attached hydrogen (secondary N) is 1. The molecule has 0 aliphatic heterocycles. The molecule has 2 aromatic carbocycles. The van der Waals surface area contributed by atoms with Gasteiger partial charge in [0.25, 0.3) is 0 Å². The Bertz CT molecular complexity index is 1070. The van der Waals surface area contributed by atoms with Crippen LogP contribution in [0.25, 0.3) is 11.0 Å². The number of methoxy groups -OCH3 is 1. The van der Waals surface area contributed by atoms with Crippen molar-refractivity contribution in [2.45, 2.75) is 28.6 Å². The van der Waals surface area contributed by atoms with Gasteiger partial charge in [-0.1, -0.05) is 42.1 Å². The van der Waals surface area contributed by atoms with Gasteiger partial charge in [-0.15, -0.1) is 11.8 Å². The molecule has 29 heavy (non-hydrogen) atoms. The van der Waals surface area contributed by atoms with Gasteiger partial charge in [-0.05, 0) is 48.4 Å². The summed E-state index contributed by atoms with van der Waals surface area (Å²) in [5.74, 6) is 2.73. The van der Waals surface area contributed by atoms with Crippen LogP contribution in [0.3, 0.4) is 0 Å². The number of ether oxygens (including phenoxy) is 1. The number of aromatic nitrogens is 3. The van der Waals surface area contributed by atoms with Crippen molar-refractivity contribution in [3.8, 4) is 5.75 Å². The number of nitrogens with zero attached hydrogens (tertiary/aromatic N) is 2. The highest BCUT2D eigenvalue weighted by Gasteiger charge is 2.06. The molecule has 0 aliphatic rings. The average Bonchev–Trinajstić information content (AvgIpc) is 3.18. The number of hydrogen-bond donors (Lipinski definition) is 1. The first kappa shape index (κ1) is 19.9. The molecule has 1 N–H and O–H groups in total. The van der Waals surface area contributed by atoms with Gasteiger partial charge in [0.1, 0.15) is 5.75 Å². The van der Waals surface area contributed by atoms with E-state index in [1.807, 2.05) is 36.2 Å². The first-order valence-corrected chi connectivity index (χ1v) is 11.6. The van der Waals surface area contributed by atoms with E-state index in [9.17, 15) is 0 Å². The van der Waals surface area contributed by atoms with Crippen molar-refractivity contribution < 1.29 is 4.74 Å². The Hall–Kier alpha value is -2.44. The monoisotopic (exact) mass is 421 g/mol. The Morgan fingerprint density at radius 3 is 2.76 bits per heavy atom. The lowest BCUT2D eigenvalue weighted by Gasteiger charge is -2.04. The molecule has 0 amide bonds. The van der Waals surface area contributed by atoms with E-state index in [1.54, 1.807) is 18.9 Å². The summed E-state index contributed by atoms with van der Waals surface area (Å²) in [6.07, 6.45) is 4.20. The van der Waals surface area contributed by atoms with E-state index in [0.29, 0.717) is 0 Å². The van der Waals surface area contributed by atoms with Crippen LogP contribution in [0.2, 0.25) is 0 Å². The van der Waals surface area contributed by atoms with E-state index in [2.05, 4.69) is 57.4 Å². The largest absolute Gasteiger partial charge is 0.497 e. The van der Waals surface area contributed by atoms with E-state index in [4.69, 9.17) is 4.74 Å². The molecule has 0 bridgehead atoms. The fourth-order valence-corrected chi connectivity index (χ4v) is 4.73. The van der Waals surface area contributed by atoms with E-state index >= 15 is 0 Å². The predicted molar refractivity (Wildman–Crippen MR) is 122 cm³/mol. The molecule has 0 aliphatic carbocycles. The molecular formula is C23H23N3OS2. The van der Waals surface area contributed by atoms with Crippen LogP contribution in [0.5, 0.6) is 5.75 Å². The fraction of sp³-hybridized carbons (Fsp3) is 0.217. The molecule has 4 rings (SSSR count). The molecule has 6 heteroatoms. The maximum atomic E-state index is 5.27. The Morgan fingerprint density at radius 2 is 1.90 bits per heavy atom. The van der Waals surface area contributed by atoms with Crippen LogP contribution in [-0.2, 0) is 12.2 Å². The lowest BCUT2D eigenvalue weighted by Crippen LogP contribution is -1.90. The Morgan fingerprint density at radius 1 is 1.00 bits per heavy atom. The predicted octanol–water partition coefficient (Wildman–Crippen LogP) is 5.98. The van der Waals surface area contributed by atoms with Gasteiger partial charge in [-0.25, -0.2) is 4.98 Å². The van der Waals surface area contributed by atoms with Crippen molar-refractivity contribution in [3.63, 3.8) is 0 Å². The van der Waals surface area contributed by atoms with Gasteiger partial charge >= 0.3 is 0 Å². The standard InChI is InChI=1S/C23H23N3OS2/c1-27-19-9-10-21-22(15-19)26-23(25-21)29-16-18-14-20(11-12-24-18)28-13-5-8-17-6-3-2-4-7-17/h2-4,6-7,9-12,14-15H,5,8,13,16H2,1H3,(H,25,26). The first-order valence-electron chi connectivity index (χ1n) is 9.58. The maximum absolute atomic E-state index is 5.27. The second-order valence-electron chi connectivity index (χ2n) is 6.63. The highest BCUT2D eigenvalue weighted by Crippen LogP contribution is 2.26. The lowest BCUT2D eigenvalue weighted by atomic mass is 10.1. The van der Waals surface area contributed by atoms with Crippen LogP contribution in [-0.4, -0.2) is 27.8 Å². The topological polar surface area (TPSA) is 50.8 Å². The number of pyridine rings is 1. The first-order chi connectivity index (χ1) is 14.3. The van der Waals surface area contributed by atoms with Gasteiger partial charge in [-0.3, -0.25) is 4.98 Å². The summed E-state index contributed by atoms with van der Waals surface area (Å²) in [5.41, 5.74) is 4.41. The molecule has 0 spiro atoms. The number of rotatable bonds is 9. The highest BCUT2D eigenvalue weighted by atomic mass is 32.2. The summed E-state index contributed by atoms with van der Waals surface area (Å²) in [6, 6.07) is 20.8. The molecule has 4 aromatic rings. The van der Waals surface area contributed by atoms with Crippen molar-refractivity contribution in [1.82, 2.24) is 15.0 Å². The van der Waals surface area contributed by atoms with E-state index < -0.39 is 0 Å². The lowest BCUT2D eigenvalue weighted by molar-refractivity contribution is 0.415. The molecule has 148 valence electrons. The summed E-state index contributed by atoms with van der Waals surface area (Å²) in [4.78, 5) is 13.8. The van der Waals surface area contributed by atoms with E-state index in [-0.39, 0.29) is 0 Å². The molecule has 4 nitrogen and oxygen atoms in total. The zero-order valence-electron chi connectivity index (χ0n) is 16.3. The quantitative estimate of drug-likeness (QED) is 0.266. The molecule has 0 saturated carbocycles. The molecule has 2 aromatic heterocycles. The van der Waals surface area contributed by atoms with Crippen LogP contribution in [0.15, 0.2) is 76.9 Å². The molecule has 0 unspecified atom stereocenters. The smallest absolute Gasteiger partial charge is 0.166 e. The number of benzene rings is 2. The number of hydrogen-bond acceptors (Lipinski definition) is 5. The SMILES string of the molecule is COc1ccc2nc(SCc3cc(SCCCc4ccccc4)ccn3)[nH]c2c1. The van der Waals surface area contributed by atoms with Crippen molar-refractivity contribution in [2.24, 2.45) is 0 Å². The normalized spacial score (nSPS) is 11.1. The van der Waals surface area contributed by atoms with Gasteiger partial charge in [0, 0.05) is 22.9 Å². The molecular weight excluding hydrogens is 398 g/mol. The van der Waals surface area contributed by atoms with Gasteiger partial charge in [0.15, 0.2) is 5.16 Å². The third kappa shape index (κ3) is 5.55. The number of H-pyrrole nitrogens is 1. The zero-order valence-corrected chi connectivity index (χ0v) is 17.9. The second-order valence-corrected chi connectivity index (χ2v) is 8.77. The van der Waals surface area contributed by atoms with E-state index in [0.717, 1.165) is 45.6 Å². The van der Waals surface area contributed by atoms with Crippen LogP contribution in [0.1, 0.15) is 17.7 Å². The molecule has 2 heterocycles. The zero-order chi connectivity index (χ0) is 19.9. The van der Waals surface area contributed by atoms with Crippen molar-refractivity contribution >= 4 is 34.6 Å². The van der Waals surface area contributed by atoms with Crippen LogP contribution < -0.4 is 4.74 Å². The van der Waals surface area contributed by atoms with E-state index in [1.165, 1.54) is 16.9 Å². The third-order valence-corrected chi connectivity index (χ3v) is 6.52. The van der Waals surface area contributed by atoms with Gasteiger partial charge in [-0.2, -0.15) is 0 Å². The minimum Gasteiger partial charge on any atom is -0.497 e. The van der Waals surface area contributed by atoms with Crippen molar-refractivity contribution in [1.29, 1.82) is 0 Å². The maximum Gasteiger partial charge on any atom is 0.166 e. The average molecular weight is 422 g/mol. The number of aromatic amines is 1. The Kier molecular flexibility index (Phi) is 6.75. The van der Waals surface area contributed by atoms with Crippen molar-refractivity contribution in [2.75, 3.05) is 12.9 Å². The number of imidazole rings is 1. The molecule has 0 fully saturated rings. The van der Waals surface area contributed by atoms with Crippen LogP contribution >= 0.6 is 23.5 Å². The number of thioether (sulfide) groups is 2. The summed E-state index contributed by atoms with van der Waals surface area (Å²) in [5, 5.41) is 0.899. The van der Waals surface area contributed by atoms with Crippen LogP contribution in [0, 0.1) is 0 Å². The second kappa shape index (κ2) is 9.85. The highest BCUT2D eigenvalue weighted by molar-refractivity contribution is 7.99. The Balaban J connectivity index is 1.29. The summed E-state index contributed by atoms with van der Waals surface area (Å²) >= 11 is 3.56. The van der Waals surface area contributed by atoms with Crippen molar-refractivity contribution in [3.05, 3.63) is 78.1 Å². The van der Waals surface area contributed by atoms with Crippen LogP contribution in [0.4, 0.5) is 0 Å². The fourth-order valence-electron chi connectivity index (χ4n) is 3.04. The number of fused-ring (bicyclic) bond motifs is 1. The summed E-state index contributed by atoms with van der Waals surface area (Å²) < 4.78 is 5.27. The molecule has 0 atom stereocenters. The third-order valence-electron chi connectivity index (χ3n) is 4.53. The van der Waals surface area contributed by atoms with Gasteiger partial charge in [0.2, 0.25) is 0 Å². The summed E-state index contributed by atoms with van der Waals surface area (Å²) in [7, 11) is 1.67. The number of aryl methyl sites for hydroxylation is 1. The Labute approximate surface area is 179 Å². The molecule has 0 saturated heterocycles. The van der Waals surface area contributed by atoms with Gasteiger partial charge < -0.3 is 9.72 Å².